The van der Waals surface area contributed by atoms with Gasteiger partial charge in [-0.3, -0.25) is 9.69 Å². The molecule has 0 radical (unpaired) electrons. The van der Waals surface area contributed by atoms with Crippen molar-refractivity contribution in [2.75, 3.05) is 13.2 Å². The van der Waals surface area contributed by atoms with Gasteiger partial charge in [-0.05, 0) is 60.1 Å². The zero-order valence-corrected chi connectivity index (χ0v) is 17.8. The average molecular weight is 422 g/mol. The number of ether oxygens (including phenoxy) is 1. The zero-order chi connectivity index (χ0) is 21.8. The summed E-state index contributed by atoms with van der Waals surface area (Å²) in [6, 6.07) is 15.5. The van der Waals surface area contributed by atoms with E-state index in [1.54, 1.807) is 0 Å². The fraction of sp³-hybridized carbons (Fsp3) is 0.440. The lowest BCUT2D eigenvalue weighted by Gasteiger charge is -2.31. The second-order valence-electron chi connectivity index (χ2n) is 8.62. The van der Waals surface area contributed by atoms with Gasteiger partial charge >= 0.3 is 0 Å². The smallest absolute Gasteiger partial charge is 0.234 e. The average Bonchev–Trinajstić information content (AvgIpc) is 3.58. The molecule has 1 aliphatic heterocycles. The van der Waals surface area contributed by atoms with E-state index < -0.39 is 6.17 Å². The SMILES string of the molecule is C[C@H](NC(=O)CC#N)c1ccc(CN2Cc3ccc(OCC4CC4)cc3[C@H](F)C2)cc1. The van der Waals surface area contributed by atoms with Gasteiger partial charge < -0.3 is 10.1 Å². The number of carbonyl (C=O) groups excluding carboxylic acids is 1. The Morgan fingerprint density at radius 1 is 1.29 bits per heavy atom. The number of halogens is 1. The van der Waals surface area contributed by atoms with Gasteiger partial charge in [0.1, 0.15) is 18.3 Å². The number of nitriles is 1. The molecule has 1 N–H and O–H groups in total. The Bertz CT molecular complexity index is 966. The molecular formula is C25H28FN3O2. The molecule has 4 rings (SSSR count). The number of nitrogens with one attached hydrogen (secondary N) is 1. The first-order chi connectivity index (χ1) is 15.0. The molecule has 5 nitrogen and oxygen atoms in total. The maximum atomic E-state index is 14.9. The van der Waals surface area contributed by atoms with Gasteiger partial charge in [0.15, 0.2) is 0 Å². The normalized spacial score (nSPS) is 19.2. The summed E-state index contributed by atoms with van der Waals surface area (Å²) in [5, 5.41) is 11.4. The number of hydrogen-bond acceptors (Lipinski definition) is 4. The molecule has 0 unspecified atom stereocenters. The largest absolute Gasteiger partial charge is 0.493 e. The monoisotopic (exact) mass is 421 g/mol. The van der Waals surface area contributed by atoms with E-state index in [1.807, 2.05) is 55.5 Å². The molecule has 0 saturated heterocycles. The molecule has 0 bridgehead atoms. The van der Waals surface area contributed by atoms with Crippen LogP contribution in [0.25, 0.3) is 0 Å². The maximum Gasteiger partial charge on any atom is 0.234 e. The lowest BCUT2D eigenvalue weighted by molar-refractivity contribution is -0.120. The number of carbonyl (C=O) groups is 1. The van der Waals surface area contributed by atoms with E-state index in [1.165, 1.54) is 12.8 Å². The van der Waals surface area contributed by atoms with Crippen LogP contribution in [0.5, 0.6) is 5.75 Å². The first kappa shape index (κ1) is 21.3. The number of amides is 1. The Balaban J connectivity index is 1.35. The quantitative estimate of drug-likeness (QED) is 0.677. The second-order valence-corrected chi connectivity index (χ2v) is 8.62. The summed E-state index contributed by atoms with van der Waals surface area (Å²) in [6.07, 6.45) is 1.31. The van der Waals surface area contributed by atoms with Gasteiger partial charge in [0.25, 0.3) is 0 Å². The van der Waals surface area contributed by atoms with Crippen LogP contribution in [0, 0.1) is 17.2 Å². The highest BCUT2D eigenvalue weighted by atomic mass is 19.1. The van der Waals surface area contributed by atoms with Crippen molar-refractivity contribution in [2.24, 2.45) is 5.92 Å². The van der Waals surface area contributed by atoms with E-state index in [9.17, 15) is 9.18 Å². The summed E-state index contributed by atoms with van der Waals surface area (Å²) in [5.41, 5.74) is 3.84. The Morgan fingerprint density at radius 3 is 2.77 bits per heavy atom. The van der Waals surface area contributed by atoms with Gasteiger partial charge in [0, 0.05) is 19.6 Å². The predicted octanol–water partition coefficient (Wildman–Crippen LogP) is 4.59. The van der Waals surface area contributed by atoms with Gasteiger partial charge in [0.05, 0.1) is 18.7 Å². The van der Waals surface area contributed by atoms with Gasteiger partial charge in [0.2, 0.25) is 5.91 Å². The fourth-order valence-electron chi connectivity index (χ4n) is 3.97. The third-order valence-electron chi connectivity index (χ3n) is 5.95. The van der Waals surface area contributed by atoms with Crippen molar-refractivity contribution in [2.45, 2.75) is 51.5 Å². The van der Waals surface area contributed by atoms with Crippen LogP contribution in [0.15, 0.2) is 42.5 Å². The Hall–Kier alpha value is -2.91. The van der Waals surface area contributed by atoms with Crippen molar-refractivity contribution >= 4 is 5.91 Å². The number of nitrogens with zero attached hydrogens (tertiary/aromatic N) is 2. The van der Waals surface area contributed by atoms with Crippen LogP contribution in [0.4, 0.5) is 4.39 Å². The van der Waals surface area contributed by atoms with Gasteiger partial charge in [-0.25, -0.2) is 4.39 Å². The molecule has 2 atom stereocenters. The Labute approximate surface area is 182 Å². The van der Waals surface area contributed by atoms with Crippen molar-refractivity contribution < 1.29 is 13.9 Å². The first-order valence-electron chi connectivity index (χ1n) is 10.9. The summed E-state index contributed by atoms with van der Waals surface area (Å²) in [5.74, 6) is 1.17. The minimum absolute atomic E-state index is 0.141. The van der Waals surface area contributed by atoms with Crippen molar-refractivity contribution in [3.05, 3.63) is 64.7 Å². The van der Waals surface area contributed by atoms with Crippen LogP contribution in [0.2, 0.25) is 0 Å². The molecule has 0 spiro atoms. The van der Waals surface area contributed by atoms with E-state index >= 15 is 0 Å². The number of hydrogen-bond donors (Lipinski definition) is 1. The molecule has 2 aromatic rings. The van der Waals surface area contributed by atoms with Crippen LogP contribution >= 0.6 is 0 Å². The van der Waals surface area contributed by atoms with Gasteiger partial charge in [-0.1, -0.05) is 30.3 Å². The highest BCUT2D eigenvalue weighted by molar-refractivity contribution is 5.78. The lowest BCUT2D eigenvalue weighted by Crippen LogP contribution is -2.31. The van der Waals surface area contributed by atoms with Gasteiger partial charge in [-0.2, -0.15) is 5.26 Å². The van der Waals surface area contributed by atoms with E-state index in [4.69, 9.17) is 10.00 Å². The highest BCUT2D eigenvalue weighted by Crippen LogP contribution is 2.34. The summed E-state index contributed by atoms with van der Waals surface area (Å²) < 4.78 is 20.7. The number of benzene rings is 2. The van der Waals surface area contributed by atoms with Crippen LogP contribution in [0.3, 0.4) is 0 Å². The van der Waals surface area contributed by atoms with Crippen molar-refractivity contribution in [3.8, 4) is 11.8 Å². The molecule has 0 aromatic heterocycles. The third-order valence-corrected chi connectivity index (χ3v) is 5.95. The fourth-order valence-corrected chi connectivity index (χ4v) is 3.97. The minimum atomic E-state index is -1.03. The van der Waals surface area contributed by atoms with Crippen LogP contribution in [-0.2, 0) is 17.9 Å². The third kappa shape index (κ3) is 5.62. The predicted molar refractivity (Wildman–Crippen MR) is 116 cm³/mol. The molecule has 1 amide bonds. The van der Waals surface area contributed by atoms with E-state index in [-0.39, 0.29) is 18.4 Å². The maximum absolute atomic E-state index is 14.9. The number of fused-ring (bicyclic) bond motifs is 1. The van der Waals surface area contributed by atoms with E-state index in [0.717, 1.165) is 34.6 Å². The van der Waals surface area contributed by atoms with Crippen molar-refractivity contribution in [3.63, 3.8) is 0 Å². The number of rotatable bonds is 8. The molecule has 2 aliphatic rings. The molecule has 31 heavy (non-hydrogen) atoms. The standard InChI is InChI=1S/C25H28FN3O2/c1-17(28-25(30)10-11-27)20-6-4-18(5-7-20)13-29-14-21-8-9-22(31-16-19-2-3-19)12-23(21)24(26)15-29/h4-9,12,17,19,24H,2-3,10,13-16H2,1H3,(H,28,30)/t17-,24+/m0/s1. The molecular weight excluding hydrogens is 393 g/mol. The van der Waals surface area contributed by atoms with Crippen LogP contribution < -0.4 is 10.1 Å². The molecule has 2 aromatic carbocycles. The molecule has 1 fully saturated rings. The van der Waals surface area contributed by atoms with Gasteiger partial charge in [-0.15, -0.1) is 0 Å². The summed E-state index contributed by atoms with van der Waals surface area (Å²) in [6.45, 7) is 4.36. The van der Waals surface area contributed by atoms with Crippen molar-refractivity contribution in [1.82, 2.24) is 10.2 Å². The van der Waals surface area contributed by atoms with E-state index in [0.29, 0.717) is 25.6 Å². The molecule has 6 heteroatoms. The zero-order valence-electron chi connectivity index (χ0n) is 17.8. The van der Waals surface area contributed by atoms with E-state index in [2.05, 4.69) is 10.2 Å². The Morgan fingerprint density at radius 2 is 2.06 bits per heavy atom. The van der Waals surface area contributed by atoms with Crippen LogP contribution in [-0.4, -0.2) is 24.0 Å². The topological polar surface area (TPSA) is 65.4 Å². The molecule has 162 valence electrons. The Kier molecular flexibility index (Phi) is 6.53. The highest BCUT2D eigenvalue weighted by Gasteiger charge is 2.26. The summed E-state index contributed by atoms with van der Waals surface area (Å²) in [7, 11) is 0. The molecule has 1 aliphatic carbocycles. The summed E-state index contributed by atoms with van der Waals surface area (Å²) in [4.78, 5) is 13.7. The number of alkyl halides is 1. The minimum Gasteiger partial charge on any atom is -0.493 e. The van der Waals surface area contributed by atoms with Crippen LogP contribution in [0.1, 0.15) is 60.7 Å². The summed E-state index contributed by atoms with van der Waals surface area (Å²) >= 11 is 0. The second kappa shape index (κ2) is 9.49. The lowest BCUT2D eigenvalue weighted by atomic mass is 9.97. The molecule has 1 heterocycles. The molecule has 1 saturated carbocycles. The van der Waals surface area contributed by atoms with Crippen molar-refractivity contribution in [1.29, 1.82) is 5.26 Å². The first-order valence-corrected chi connectivity index (χ1v) is 10.9.